The summed E-state index contributed by atoms with van der Waals surface area (Å²) >= 11 is 6.12. The van der Waals surface area contributed by atoms with Crippen LogP contribution < -0.4 is 22.4 Å². The van der Waals surface area contributed by atoms with Gasteiger partial charge in [0.05, 0.1) is 17.0 Å². The van der Waals surface area contributed by atoms with Crippen LogP contribution in [0.25, 0.3) is 11.1 Å². The third-order valence-corrected chi connectivity index (χ3v) is 5.93. The van der Waals surface area contributed by atoms with E-state index in [0.717, 1.165) is 11.6 Å². The summed E-state index contributed by atoms with van der Waals surface area (Å²) in [6.45, 7) is 0. The molecule has 0 bridgehead atoms. The van der Waals surface area contributed by atoms with Crippen molar-refractivity contribution in [3.05, 3.63) is 88.2 Å². The van der Waals surface area contributed by atoms with Crippen molar-refractivity contribution in [2.24, 2.45) is 16.8 Å². The van der Waals surface area contributed by atoms with E-state index in [9.17, 15) is 14.4 Å². The average molecular weight is 463 g/mol. The van der Waals surface area contributed by atoms with E-state index in [1.54, 1.807) is 36.4 Å². The number of carbonyl (C=O) groups excluding carboxylic acids is 1. The van der Waals surface area contributed by atoms with Gasteiger partial charge in [-0.1, -0.05) is 29.8 Å². The second-order valence-electron chi connectivity index (χ2n) is 7.77. The van der Waals surface area contributed by atoms with Crippen molar-refractivity contribution >= 4 is 29.0 Å². The van der Waals surface area contributed by atoms with Crippen LogP contribution in [0.3, 0.4) is 0 Å². The minimum Gasteiger partial charge on any atom is -0.325 e. The number of rotatable bonds is 5. The van der Waals surface area contributed by atoms with Crippen LogP contribution >= 0.6 is 11.6 Å². The summed E-state index contributed by atoms with van der Waals surface area (Å²) < 4.78 is 14.1. The lowest BCUT2D eigenvalue weighted by Gasteiger charge is -2.18. The summed E-state index contributed by atoms with van der Waals surface area (Å²) in [7, 11) is 0. The van der Waals surface area contributed by atoms with Crippen LogP contribution in [0.2, 0.25) is 5.02 Å². The van der Waals surface area contributed by atoms with Gasteiger partial charge in [0.2, 0.25) is 5.91 Å². The van der Waals surface area contributed by atoms with Crippen molar-refractivity contribution in [2.75, 3.05) is 5.32 Å². The number of nitriles is 1. The number of anilines is 1. The first-order chi connectivity index (χ1) is 15.9. The number of amides is 1. The zero-order chi connectivity index (χ0) is 23.6. The highest BCUT2D eigenvalue weighted by atomic mass is 35.5. The first-order valence-electron chi connectivity index (χ1n) is 10.1. The Morgan fingerprint density at radius 1 is 1.15 bits per heavy atom. The van der Waals surface area contributed by atoms with Crippen LogP contribution in [-0.2, 0) is 10.2 Å². The van der Waals surface area contributed by atoms with E-state index >= 15 is 0 Å². The van der Waals surface area contributed by atoms with Crippen molar-refractivity contribution in [1.29, 1.82) is 5.26 Å². The molecule has 1 saturated carbocycles. The van der Waals surface area contributed by atoms with Crippen LogP contribution in [0.4, 0.5) is 10.1 Å². The Labute approximate surface area is 194 Å². The smallest absolute Gasteiger partial charge is 0.235 e. The molecule has 33 heavy (non-hydrogen) atoms. The summed E-state index contributed by atoms with van der Waals surface area (Å²) in [4.78, 5) is 13.2. The highest BCUT2D eigenvalue weighted by Crippen LogP contribution is 2.49. The second-order valence-corrected chi connectivity index (χ2v) is 8.21. The molecule has 0 heterocycles. The lowest BCUT2D eigenvalue weighted by molar-refractivity contribution is -0.118. The number of amidine groups is 1. The number of nitrogens with two attached hydrogens (primary N) is 2. The molecule has 0 atom stereocenters. The molecule has 1 amide bonds. The van der Waals surface area contributed by atoms with E-state index in [4.69, 9.17) is 23.3 Å². The first-order valence-corrected chi connectivity index (χ1v) is 10.5. The van der Waals surface area contributed by atoms with Gasteiger partial charge in [-0.25, -0.2) is 10.2 Å². The van der Waals surface area contributed by atoms with Crippen molar-refractivity contribution < 1.29 is 9.18 Å². The maximum Gasteiger partial charge on any atom is 0.235 e. The summed E-state index contributed by atoms with van der Waals surface area (Å²) in [5.74, 6) is 10.5. The Morgan fingerprint density at radius 3 is 2.58 bits per heavy atom. The number of hydrogen-bond donors (Lipinski definition) is 4. The number of nitrogens with one attached hydrogen (secondary N) is 2. The topological polar surface area (TPSA) is 129 Å². The number of halogens is 2. The van der Waals surface area contributed by atoms with Crippen molar-refractivity contribution in [3.63, 3.8) is 0 Å². The number of hydrazone groups is 1. The molecule has 1 aliphatic rings. The summed E-state index contributed by atoms with van der Waals surface area (Å²) in [6.07, 6.45) is 1.43. The van der Waals surface area contributed by atoms with Gasteiger partial charge >= 0.3 is 0 Å². The van der Waals surface area contributed by atoms with E-state index in [1.165, 1.54) is 6.07 Å². The minimum atomic E-state index is -0.634. The molecule has 0 aliphatic heterocycles. The van der Waals surface area contributed by atoms with Crippen LogP contribution in [0.15, 0.2) is 65.8 Å². The van der Waals surface area contributed by atoms with E-state index < -0.39 is 11.2 Å². The molecule has 0 radical (unpaired) electrons. The van der Waals surface area contributed by atoms with E-state index in [0.29, 0.717) is 40.2 Å². The molecule has 1 aliphatic carbocycles. The number of nitrogens with zero attached hydrogens (tertiary/aromatic N) is 2. The second kappa shape index (κ2) is 8.90. The highest BCUT2D eigenvalue weighted by molar-refractivity contribution is 6.30. The summed E-state index contributed by atoms with van der Waals surface area (Å²) in [6, 6.07) is 18.2. The molecule has 0 aromatic heterocycles. The maximum absolute atomic E-state index is 14.1. The Balaban J connectivity index is 1.71. The molecule has 4 rings (SSSR count). The molecule has 0 spiro atoms. The molecule has 3 aromatic rings. The van der Waals surface area contributed by atoms with Crippen LogP contribution in [-0.4, -0.2) is 11.7 Å². The summed E-state index contributed by atoms with van der Waals surface area (Å²) in [5.41, 5.74) is 4.69. The first kappa shape index (κ1) is 22.3. The van der Waals surface area contributed by atoms with Crippen LogP contribution in [0, 0.1) is 17.1 Å². The number of hydrogen-bond acceptors (Lipinski definition) is 5. The molecule has 9 heteroatoms. The van der Waals surface area contributed by atoms with Gasteiger partial charge in [0.15, 0.2) is 5.84 Å². The largest absolute Gasteiger partial charge is 0.325 e. The van der Waals surface area contributed by atoms with Crippen molar-refractivity contribution in [2.45, 2.75) is 18.3 Å². The van der Waals surface area contributed by atoms with Gasteiger partial charge in [0, 0.05) is 16.3 Å². The number of benzene rings is 3. The normalized spacial score (nSPS) is 14.3. The summed E-state index contributed by atoms with van der Waals surface area (Å²) in [5, 5.41) is 16.4. The van der Waals surface area contributed by atoms with Gasteiger partial charge in [0.25, 0.3) is 0 Å². The van der Waals surface area contributed by atoms with Gasteiger partial charge in [-0.05, 0) is 72.0 Å². The van der Waals surface area contributed by atoms with E-state index in [1.807, 2.05) is 18.2 Å². The fraction of sp³-hybridized carbons (Fsp3) is 0.125. The van der Waals surface area contributed by atoms with E-state index in [-0.39, 0.29) is 17.3 Å². The standard InChI is InChI=1S/C24H20ClFN6O/c25-17-3-1-2-16(11-17)24(6-7-24)23(33)30-19-4-5-20(21(12-19)22(31-28)32-29)15-8-14(13-27)9-18(26)10-15/h1-5,8-12H,6-7,28-29H2,(H,30,33)(H,31,32). The van der Waals surface area contributed by atoms with Crippen LogP contribution in [0.5, 0.6) is 0 Å². The predicted molar refractivity (Wildman–Crippen MR) is 126 cm³/mol. The Bertz CT molecular complexity index is 1310. The zero-order valence-corrected chi connectivity index (χ0v) is 18.2. The zero-order valence-electron chi connectivity index (χ0n) is 17.4. The molecular weight excluding hydrogens is 443 g/mol. The molecule has 7 nitrogen and oxygen atoms in total. The molecular formula is C24H20ClFN6O. The van der Waals surface area contributed by atoms with Gasteiger partial charge in [-0.15, -0.1) is 0 Å². The fourth-order valence-electron chi connectivity index (χ4n) is 3.87. The minimum absolute atomic E-state index is 0.125. The third-order valence-electron chi connectivity index (χ3n) is 5.70. The molecule has 0 unspecified atom stereocenters. The molecule has 3 aromatic carbocycles. The Hall–Kier alpha value is -3.93. The monoisotopic (exact) mass is 462 g/mol. The lowest BCUT2D eigenvalue weighted by atomic mass is 9.94. The molecule has 166 valence electrons. The molecule has 6 N–H and O–H groups in total. The van der Waals surface area contributed by atoms with Crippen molar-refractivity contribution in [1.82, 2.24) is 5.43 Å². The van der Waals surface area contributed by atoms with E-state index in [2.05, 4.69) is 15.8 Å². The Morgan fingerprint density at radius 2 is 1.94 bits per heavy atom. The molecule has 1 fully saturated rings. The third kappa shape index (κ3) is 4.37. The van der Waals surface area contributed by atoms with Gasteiger partial charge < -0.3 is 16.6 Å². The fourth-order valence-corrected chi connectivity index (χ4v) is 4.06. The van der Waals surface area contributed by atoms with Crippen molar-refractivity contribution in [3.8, 4) is 17.2 Å². The Kier molecular flexibility index (Phi) is 6.01. The highest BCUT2D eigenvalue weighted by Gasteiger charge is 2.51. The average Bonchev–Trinajstić information content (AvgIpc) is 3.62. The SMILES string of the molecule is N#Cc1cc(F)cc(-c2ccc(NC(=O)C3(c4cccc(Cl)c4)CC3)cc2/C(=N/N)NN)c1. The lowest BCUT2D eigenvalue weighted by Crippen LogP contribution is -2.33. The van der Waals surface area contributed by atoms with Gasteiger partial charge in [-0.2, -0.15) is 10.4 Å². The number of carbonyl (C=O) groups is 1. The van der Waals surface area contributed by atoms with Gasteiger partial charge in [0.1, 0.15) is 5.82 Å². The quantitative estimate of drug-likeness (QED) is 0.198. The maximum atomic E-state index is 14.1. The predicted octanol–water partition coefficient (Wildman–Crippen LogP) is 3.77. The van der Waals surface area contributed by atoms with Gasteiger partial charge in [-0.3, -0.25) is 4.79 Å². The van der Waals surface area contributed by atoms with Crippen LogP contribution in [0.1, 0.15) is 29.5 Å². The molecule has 0 saturated heterocycles. The number of hydrazine groups is 1.